The summed E-state index contributed by atoms with van der Waals surface area (Å²) in [6, 6.07) is 8.60. The summed E-state index contributed by atoms with van der Waals surface area (Å²) in [5.74, 6) is -0.917. The molecule has 1 aromatic carbocycles. The standard InChI is InChI=1S/C24H27FN2O3/c1-24(2,30)19-8-7-15(11-20(19)25)18(9-14-5-3-4-6-14)21-12-16-10-17(23(28)29)13-26-22(16)27-21/h7-8,10-14,18,30H,3-6,9H2,1-2H3,(H,26,27)(H,28,29). The van der Waals surface area contributed by atoms with Crippen LogP contribution in [0.2, 0.25) is 0 Å². The Morgan fingerprint density at radius 1 is 1.27 bits per heavy atom. The predicted molar refractivity (Wildman–Crippen MR) is 113 cm³/mol. The first-order valence-corrected chi connectivity index (χ1v) is 10.5. The van der Waals surface area contributed by atoms with E-state index in [1.54, 1.807) is 26.0 Å². The molecular weight excluding hydrogens is 383 g/mol. The lowest BCUT2D eigenvalue weighted by molar-refractivity contribution is 0.0695. The molecule has 0 saturated heterocycles. The van der Waals surface area contributed by atoms with Gasteiger partial charge in [-0.1, -0.05) is 37.8 Å². The molecule has 30 heavy (non-hydrogen) atoms. The Balaban J connectivity index is 1.75. The Bertz CT molecular complexity index is 1080. The summed E-state index contributed by atoms with van der Waals surface area (Å²) < 4.78 is 14.8. The third kappa shape index (κ3) is 4.10. The molecule has 2 aromatic heterocycles. The molecule has 1 atom stereocenters. The van der Waals surface area contributed by atoms with Gasteiger partial charge in [0.1, 0.15) is 11.5 Å². The molecule has 3 aromatic rings. The maximum atomic E-state index is 14.8. The lowest BCUT2D eigenvalue weighted by atomic mass is 9.84. The Morgan fingerprint density at radius 2 is 2.00 bits per heavy atom. The molecule has 5 nitrogen and oxygen atoms in total. The second-order valence-electron chi connectivity index (χ2n) is 8.93. The predicted octanol–water partition coefficient (Wildman–Crippen LogP) is 5.34. The highest BCUT2D eigenvalue weighted by atomic mass is 19.1. The van der Waals surface area contributed by atoms with Gasteiger partial charge in [0.05, 0.1) is 11.2 Å². The summed E-state index contributed by atoms with van der Waals surface area (Å²) in [7, 11) is 0. The number of nitrogens with zero attached hydrogens (tertiary/aromatic N) is 1. The maximum Gasteiger partial charge on any atom is 0.337 e. The molecular formula is C24H27FN2O3. The summed E-state index contributed by atoms with van der Waals surface area (Å²) in [5.41, 5.74) is 1.54. The van der Waals surface area contributed by atoms with Gasteiger partial charge in [0.15, 0.2) is 0 Å². The van der Waals surface area contributed by atoms with Gasteiger partial charge in [0.25, 0.3) is 0 Å². The number of halogens is 1. The molecule has 6 heteroatoms. The van der Waals surface area contributed by atoms with Gasteiger partial charge >= 0.3 is 5.97 Å². The molecule has 1 aliphatic carbocycles. The van der Waals surface area contributed by atoms with Gasteiger partial charge in [-0.25, -0.2) is 14.2 Å². The number of hydrogen-bond acceptors (Lipinski definition) is 3. The van der Waals surface area contributed by atoms with Crippen LogP contribution in [0.1, 0.15) is 79.0 Å². The van der Waals surface area contributed by atoms with Gasteiger partial charge in [-0.3, -0.25) is 0 Å². The van der Waals surface area contributed by atoms with Crippen LogP contribution < -0.4 is 0 Å². The van der Waals surface area contributed by atoms with E-state index in [-0.39, 0.29) is 17.0 Å². The molecule has 1 fully saturated rings. The zero-order chi connectivity index (χ0) is 21.5. The number of carboxylic acid groups (broad SMARTS) is 1. The third-order valence-corrected chi connectivity index (χ3v) is 6.21. The molecule has 0 bridgehead atoms. The highest BCUT2D eigenvalue weighted by Gasteiger charge is 2.27. The highest BCUT2D eigenvalue weighted by Crippen LogP contribution is 2.39. The second-order valence-corrected chi connectivity index (χ2v) is 8.93. The number of aromatic nitrogens is 2. The summed E-state index contributed by atoms with van der Waals surface area (Å²) in [5, 5.41) is 20.2. The van der Waals surface area contributed by atoms with E-state index >= 15 is 0 Å². The first kappa shape index (κ1) is 20.5. The van der Waals surface area contributed by atoms with Crippen molar-refractivity contribution in [3.05, 3.63) is 64.7 Å². The molecule has 1 saturated carbocycles. The van der Waals surface area contributed by atoms with Crippen LogP contribution >= 0.6 is 0 Å². The number of H-pyrrole nitrogens is 1. The fourth-order valence-corrected chi connectivity index (χ4v) is 4.61. The molecule has 158 valence electrons. The van der Waals surface area contributed by atoms with E-state index in [0.29, 0.717) is 11.6 Å². The van der Waals surface area contributed by atoms with Crippen molar-refractivity contribution in [3.8, 4) is 0 Å². The largest absolute Gasteiger partial charge is 0.478 e. The molecule has 0 radical (unpaired) electrons. The average molecular weight is 410 g/mol. The van der Waals surface area contributed by atoms with E-state index in [9.17, 15) is 19.4 Å². The number of benzene rings is 1. The average Bonchev–Trinajstić information content (AvgIpc) is 3.33. The number of pyridine rings is 1. The molecule has 4 rings (SSSR count). The van der Waals surface area contributed by atoms with Crippen LogP contribution in [0.25, 0.3) is 11.0 Å². The fraction of sp³-hybridized carbons (Fsp3) is 0.417. The number of rotatable bonds is 6. The van der Waals surface area contributed by atoms with Crippen LogP contribution in [-0.4, -0.2) is 26.2 Å². The van der Waals surface area contributed by atoms with E-state index in [4.69, 9.17) is 0 Å². The van der Waals surface area contributed by atoms with Crippen LogP contribution in [0.4, 0.5) is 4.39 Å². The van der Waals surface area contributed by atoms with E-state index in [2.05, 4.69) is 9.97 Å². The smallest absolute Gasteiger partial charge is 0.337 e. The molecule has 3 N–H and O–H groups in total. The monoisotopic (exact) mass is 410 g/mol. The minimum Gasteiger partial charge on any atom is -0.478 e. The summed E-state index contributed by atoms with van der Waals surface area (Å²) in [4.78, 5) is 18.8. The van der Waals surface area contributed by atoms with Gasteiger partial charge in [-0.15, -0.1) is 0 Å². The van der Waals surface area contributed by atoms with Crippen LogP contribution in [0, 0.1) is 11.7 Å². The van der Waals surface area contributed by atoms with E-state index < -0.39 is 17.4 Å². The van der Waals surface area contributed by atoms with Gasteiger partial charge in [0.2, 0.25) is 0 Å². The normalized spacial score (nSPS) is 16.3. The van der Waals surface area contributed by atoms with Gasteiger partial charge in [-0.05, 0) is 49.9 Å². The number of fused-ring (bicyclic) bond motifs is 1. The number of carboxylic acids is 1. The first-order chi connectivity index (χ1) is 14.2. The van der Waals surface area contributed by atoms with Crippen LogP contribution in [-0.2, 0) is 5.60 Å². The minimum atomic E-state index is -1.25. The fourth-order valence-electron chi connectivity index (χ4n) is 4.61. The van der Waals surface area contributed by atoms with Crippen LogP contribution in [0.3, 0.4) is 0 Å². The molecule has 2 heterocycles. The van der Waals surface area contributed by atoms with Crippen molar-refractivity contribution < 1.29 is 19.4 Å². The van der Waals surface area contributed by atoms with Crippen LogP contribution in [0.5, 0.6) is 0 Å². The molecule has 0 amide bonds. The number of aliphatic hydroxyl groups is 1. The van der Waals surface area contributed by atoms with Crippen molar-refractivity contribution in [1.29, 1.82) is 0 Å². The van der Waals surface area contributed by atoms with Crippen molar-refractivity contribution >= 4 is 17.0 Å². The van der Waals surface area contributed by atoms with Crippen molar-refractivity contribution in [2.24, 2.45) is 5.92 Å². The van der Waals surface area contributed by atoms with Crippen molar-refractivity contribution in [2.45, 2.75) is 57.5 Å². The number of aromatic carboxylic acids is 1. The van der Waals surface area contributed by atoms with Crippen molar-refractivity contribution in [3.63, 3.8) is 0 Å². The Hall–Kier alpha value is -2.73. The maximum absolute atomic E-state index is 14.8. The van der Waals surface area contributed by atoms with Gasteiger partial charge < -0.3 is 15.2 Å². The Kier molecular flexibility index (Phi) is 5.36. The molecule has 0 spiro atoms. The first-order valence-electron chi connectivity index (χ1n) is 10.5. The molecule has 1 aliphatic rings. The van der Waals surface area contributed by atoms with Crippen LogP contribution in [0.15, 0.2) is 36.5 Å². The summed E-state index contributed by atoms with van der Waals surface area (Å²) >= 11 is 0. The van der Waals surface area contributed by atoms with E-state index in [1.165, 1.54) is 37.9 Å². The topological polar surface area (TPSA) is 86.2 Å². The van der Waals surface area contributed by atoms with E-state index in [1.807, 2.05) is 12.1 Å². The Morgan fingerprint density at radius 3 is 2.63 bits per heavy atom. The number of nitrogens with one attached hydrogen (secondary N) is 1. The van der Waals surface area contributed by atoms with Crippen molar-refractivity contribution in [2.75, 3.05) is 0 Å². The molecule has 1 unspecified atom stereocenters. The third-order valence-electron chi connectivity index (χ3n) is 6.21. The quantitative estimate of drug-likeness (QED) is 0.512. The number of carbonyl (C=O) groups is 1. The zero-order valence-corrected chi connectivity index (χ0v) is 17.3. The summed E-state index contributed by atoms with van der Waals surface area (Å²) in [6.07, 6.45) is 7.01. The number of hydrogen-bond donors (Lipinski definition) is 3. The minimum absolute atomic E-state index is 0.0547. The second kappa shape index (κ2) is 7.84. The Labute approximate surface area is 175 Å². The van der Waals surface area contributed by atoms with Gasteiger partial charge in [-0.2, -0.15) is 0 Å². The van der Waals surface area contributed by atoms with Crippen molar-refractivity contribution in [1.82, 2.24) is 9.97 Å². The SMILES string of the molecule is CC(C)(O)c1ccc(C(CC2CCCC2)c2cc3cc(C(=O)O)cnc3[nH]2)cc1F. The number of aromatic amines is 1. The highest BCUT2D eigenvalue weighted by molar-refractivity contribution is 5.92. The van der Waals surface area contributed by atoms with E-state index in [0.717, 1.165) is 23.1 Å². The lowest BCUT2D eigenvalue weighted by Crippen LogP contribution is -2.18. The molecule has 0 aliphatic heterocycles. The van der Waals surface area contributed by atoms with Gasteiger partial charge in [0, 0.05) is 28.8 Å². The summed E-state index contributed by atoms with van der Waals surface area (Å²) in [6.45, 7) is 3.15. The zero-order valence-electron chi connectivity index (χ0n) is 17.3. The lowest BCUT2D eigenvalue weighted by Gasteiger charge is -2.23.